The molecule has 1 fully saturated rings. The van der Waals surface area contributed by atoms with Crippen molar-refractivity contribution in [3.63, 3.8) is 0 Å². The number of halogens is 4. The molecule has 1 aromatic heterocycles. The van der Waals surface area contributed by atoms with E-state index in [4.69, 9.17) is 21.1 Å². The third kappa shape index (κ3) is 5.03. The van der Waals surface area contributed by atoms with E-state index in [0.717, 1.165) is 17.0 Å². The zero-order chi connectivity index (χ0) is 26.9. The number of aliphatic hydroxyl groups is 1. The Morgan fingerprint density at radius 3 is 2.32 bits per heavy atom. The Labute approximate surface area is 213 Å². The average Bonchev–Trinajstić information content (AvgIpc) is 3.13. The number of Topliss-reactive ketones (excluding diaryl/α,β-unsaturated/α-hetero) is 1. The first-order valence-corrected chi connectivity index (χ1v) is 10.9. The van der Waals surface area contributed by atoms with Gasteiger partial charge in [0, 0.05) is 30.2 Å². The van der Waals surface area contributed by atoms with Crippen LogP contribution in [0.1, 0.15) is 17.2 Å². The van der Waals surface area contributed by atoms with E-state index in [-0.39, 0.29) is 33.3 Å². The quantitative estimate of drug-likeness (QED) is 0.261. The van der Waals surface area contributed by atoms with Crippen LogP contribution in [0.2, 0.25) is 5.02 Å². The summed E-state index contributed by atoms with van der Waals surface area (Å²) in [6.45, 7) is 0. The Morgan fingerprint density at radius 2 is 1.70 bits per heavy atom. The number of pyridine rings is 1. The summed E-state index contributed by atoms with van der Waals surface area (Å²) in [5.74, 6) is -3.01. The highest BCUT2D eigenvalue weighted by atomic mass is 35.5. The molecule has 1 amide bonds. The van der Waals surface area contributed by atoms with Crippen LogP contribution in [0.3, 0.4) is 0 Å². The number of ketones is 1. The standard InChI is InChI=1S/C25H18ClF3N2O6/c1-35-18-12-19(36-2)17(26)11-16(18)22(32)20-21(13-6-8-30-9-7-13)31(24(34)23(20)33)14-4-3-5-15(10-14)37-25(27,28)29/h3-12,21,32H,1-2H3/b22-20+. The number of nitrogens with zero attached hydrogens (tertiary/aromatic N) is 2. The van der Waals surface area contributed by atoms with Crippen LogP contribution in [0.15, 0.2) is 66.5 Å². The minimum Gasteiger partial charge on any atom is -0.507 e. The first kappa shape index (κ1) is 25.8. The molecule has 0 radical (unpaired) electrons. The number of alkyl halides is 3. The predicted molar refractivity (Wildman–Crippen MR) is 127 cm³/mol. The van der Waals surface area contributed by atoms with Crippen molar-refractivity contribution >= 4 is 34.7 Å². The van der Waals surface area contributed by atoms with Gasteiger partial charge in [-0.1, -0.05) is 17.7 Å². The molecule has 2 aromatic carbocycles. The summed E-state index contributed by atoms with van der Waals surface area (Å²) in [4.78, 5) is 31.4. The number of carbonyl (C=O) groups is 2. The van der Waals surface area contributed by atoms with E-state index in [1.807, 2.05) is 0 Å². The van der Waals surface area contributed by atoms with Gasteiger partial charge in [-0.3, -0.25) is 19.5 Å². The van der Waals surface area contributed by atoms with Gasteiger partial charge in [-0.05, 0) is 35.9 Å². The molecule has 1 atom stereocenters. The van der Waals surface area contributed by atoms with E-state index >= 15 is 0 Å². The molecule has 3 aromatic rings. The van der Waals surface area contributed by atoms with Gasteiger partial charge in [0.25, 0.3) is 11.7 Å². The number of hydrogen-bond acceptors (Lipinski definition) is 7. The number of aromatic nitrogens is 1. The van der Waals surface area contributed by atoms with Gasteiger partial charge in [-0.2, -0.15) is 0 Å². The number of anilines is 1. The van der Waals surface area contributed by atoms with Crippen LogP contribution in [0.5, 0.6) is 17.2 Å². The van der Waals surface area contributed by atoms with Gasteiger partial charge in [0.15, 0.2) is 0 Å². The highest BCUT2D eigenvalue weighted by Crippen LogP contribution is 2.45. The second kappa shape index (κ2) is 10.0. The minimum absolute atomic E-state index is 0.000452. The molecule has 12 heteroatoms. The third-order valence-electron chi connectivity index (χ3n) is 5.52. The van der Waals surface area contributed by atoms with E-state index < -0.39 is 35.6 Å². The van der Waals surface area contributed by atoms with Crippen LogP contribution in [0, 0.1) is 0 Å². The Balaban J connectivity index is 1.93. The number of rotatable bonds is 6. The van der Waals surface area contributed by atoms with E-state index in [1.54, 1.807) is 0 Å². The molecule has 2 heterocycles. The molecule has 8 nitrogen and oxygen atoms in total. The smallest absolute Gasteiger partial charge is 0.507 e. The number of amides is 1. The van der Waals surface area contributed by atoms with Crippen LogP contribution < -0.4 is 19.1 Å². The van der Waals surface area contributed by atoms with Crippen molar-refractivity contribution in [1.82, 2.24) is 4.98 Å². The molecule has 0 bridgehead atoms. The molecule has 37 heavy (non-hydrogen) atoms. The van der Waals surface area contributed by atoms with E-state index in [0.29, 0.717) is 5.56 Å². The number of methoxy groups -OCH3 is 2. The molecule has 0 saturated carbocycles. The molecule has 1 aliphatic rings. The molecular formula is C25H18ClF3N2O6. The molecule has 0 spiro atoms. The highest BCUT2D eigenvalue weighted by Gasteiger charge is 2.47. The SMILES string of the molecule is COc1cc(OC)c(/C(O)=C2\C(=O)C(=O)N(c3cccc(OC(F)(F)F)c3)C2c2ccncc2)cc1Cl. The zero-order valence-corrected chi connectivity index (χ0v) is 20.0. The van der Waals surface area contributed by atoms with Crippen LogP contribution in [-0.2, 0) is 9.59 Å². The first-order chi connectivity index (χ1) is 17.6. The molecule has 192 valence electrons. The third-order valence-corrected chi connectivity index (χ3v) is 5.82. The molecule has 1 saturated heterocycles. The molecule has 1 unspecified atom stereocenters. The summed E-state index contributed by atoms with van der Waals surface area (Å²) >= 11 is 6.23. The van der Waals surface area contributed by atoms with Crippen molar-refractivity contribution in [2.45, 2.75) is 12.4 Å². The lowest BCUT2D eigenvalue weighted by Gasteiger charge is -2.26. The number of carbonyl (C=O) groups excluding carboxylic acids is 2. The van der Waals surface area contributed by atoms with E-state index in [1.165, 1.54) is 63.0 Å². The molecule has 4 rings (SSSR count). The van der Waals surface area contributed by atoms with E-state index in [2.05, 4.69) is 9.72 Å². The fourth-order valence-electron chi connectivity index (χ4n) is 3.98. The van der Waals surface area contributed by atoms with Gasteiger partial charge in [0.1, 0.15) is 23.0 Å². The van der Waals surface area contributed by atoms with Crippen molar-refractivity contribution < 1.29 is 42.1 Å². The fraction of sp³-hybridized carbons (Fsp3) is 0.160. The van der Waals surface area contributed by atoms with Gasteiger partial charge in [0.05, 0.1) is 36.4 Å². The summed E-state index contributed by atoms with van der Waals surface area (Å²) in [5.41, 5.74) is -0.0432. The summed E-state index contributed by atoms with van der Waals surface area (Å²) in [6, 6.07) is 9.09. The van der Waals surface area contributed by atoms with E-state index in [9.17, 15) is 27.9 Å². The summed E-state index contributed by atoms with van der Waals surface area (Å²) in [7, 11) is 2.70. The van der Waals surface area contributed by atoms with Crippen LogP contribution in [-0.4, -0.2) is 42.4 Å². The lowest BCUT2D eigenvalue weighted by molar-refractivity contribution is -0.274. The van der Waals surface area contributed by atoms with Crippen LogP contribution >= 0.6 is 11.6 Å². The Bertz CT molecular complexity index is 1390. The maximum absolute atomic E-state index is 13.3. The Morgan fingerprint density at radius 1 is 1.03 bits per heavy atom. The summed E-state index contributed by atoms with van der Waals surface area (Å²) < 4.78 is 52.9. The zero-order valence-electron chi connectivity index (χ0n) is 19.2. The maximum Gasteiger partial charge on any atom is 0.573 e. The van der Waals surface area contributed by atoms with Crippen molar-refractivity contribution in [1.29, 1.82) is 0 Å². The highest BCUT2D eigenvalue weighted by molar-refractivity contribution is 6.51. The second-order valence-electron chi connectivity index (χ2n) is 7.68. The number of aliphatic hydroxyl groups excluding tert-OH is 1. The van der Waals surface area contributed by atoms with Crippen molar-refractivity contribution in [3.05, 3.63) is 82.6 Å². The van der Waals surface area contributed by atoms with Crippen molar-refractivity contribution in [2.75, 3.05) is 19.1 Å². The van der Waals surface area contributed by atoms with Gasteiger partial charge < -0.3 is 19.3 Å². The monoisotopic (exact) mass is 534 g/mol. The van der Waals surface area contributed by atoms with Crippen LogP contribution in [0.4, 0.5) is 18.9 Å². The molecule has 0 aliphatic carbocycles. The topological polar surface area (TPSA) is 98.2 Å². The average molecular weight is 535 g/mol. The molecule has 1 aliphatic heterocycles. The normalized spacial score (nSPS) is 17.1. The molecule has 1 N–H and O–H groups in total. The lowest BCUT2D eigenvalue weighted by atomic mass is 9.95. The van der Waals surface area contributed by atoms with Crippen molar-refractivity contribution in [3.8, 4) is 17.2 Å². The van der Waals surface area contributed by atoms with Gasteiger partial charge in [0.2, 0.25) is 0 Å². The van der Waals surface area contributed by atoms with Gasteiger partial charge in [-0.25, -0.2) is 0 Å². The predicted octanol–water partition coefficient (Wildman–Crippen LogP) is 5.28. The summed E-state index contributed by atoms with van der Waals surface area (Å²) in [6.07, 6.45) is -2.16. The molecular weight excluding hydrogens is 517 g/mol. The van der Waals surface area contributed by atoms with Crippen molar-refractivity contribution in [2.24, 2.45) is 0 Å². The maximum atomic E-state index is 13.3. The largest absolute Gasteiger partial charge is 0.573 e. The second-order valence-corrected chi connectivity index (χ2v) is 8.09. The number of ether oxygens (including phenoxy) is 3. The number of benzene rings is 2. The van der Waals surface area contributed by atoms with Gasteiger partial charge >= 0.3 is 6.36 Å². The summed E-state index contributed by atoms with van der Waals surface area (Å²) in [5, 5.41) is 11.4. The van der Waals surface area contributed by atoms with Crippen LogP contribution in [0.25, 0.3) is 5.76 Å². The Kier molecular flexibility index (Phi) is 6.99. The Hall–Kier alpha value is -4.25. The minimum atomic E-state index is -4.97. The lowest BCUT2D eigenvalue weighted by Crippen LogP contribution is -2.29. The van der Waals surface area contributed by atoms with Gasteiger partial charge in [-0.15, -0.1) is 13.2 Å². The number of hydrogen-bond donors (Lipinski definition) is 1. The first-order valence-electron chi connectivity index (χ1n) is 10.5. The fourth-order valence-corrected chi connectivity index (χ4v) is 4.22.